The fraction of sp³-hybridized carbons (Fsp3) is 0.389. The molecule has 0 saturated heterocycles. The van der Waals surface area contributed by atoms with Crippen LogP contribution in [0.15, 0.2) is 22.9 Å². The number of carbonyl (C=O) groups is 1. The molecule has 154 valence electrons. The fourth-order valence-corrected chi connectivity index (χ4v) is 3.17. The van der Waals surface area contributed by atoms with Gasteiger partial charge in [0.2, 0.25) is 5.88 Å². The smallest absolute Gasteiger partial charge is 0.492 e. The molecule has 0 saturated carbocycles. The average molecular weight is 420 g/mol. The lowest BCUT2D eigenvalue weighted by Gasteiger charge is -2.17. The van der Waals surface area contributed by atoms with Crippen molar-refractivity contribution in [3.05, 3.63) is 18.5 Å². The van der Waals surface area contributed by atoms with Gasteiger partial charge < -0.3 is 23.4 Å². The highest BCUT2D eigenvalue weighted by Crippen LogP contribution is 2.42. The Labute approximate surface area is 170 Å². The fourth-order valence-electron chi connectivity index (χ4n) is 2.18. The zero-order valence-corrected chi connectivity index (χ0v) is 17.4. The van der Waals surface area contributed by atoms with Crippen LogP contribution in [0.4, 0.5) is 4.79 Å². The third-order valence-electron chi connectivity index (χ3n) is 3.26. The van der Waals surface area contributed by atoms with E-state index in [9.17, 15) is 4.79 Å². The summed E-state index contributed by atoms with van der Waals surface area (Å²) in [4.78, 5) is 21.4. The number of carbonyl (C=O) groups excluding carboxylic acids is 1. The molecular weight excluding hydrogens is 400 g/mol. The molecule has 0 aliphatic rings. The lowest BCUT2D eigenvalue weighted by Crippen LogP contribution is -2.26. The lowest BCUT2D eigenvalue weighted by atomic mass is 10.2. The third-order valence-corrected chi connectivity index (χ3v) is 4.39. The number of nitrogens with zero attached hydrogens (tertiary/aromatic N) is 4. The maximum atomic E-state index is 11.8. The van der Waals surface area contributed by atoms with Gasteiger partial charge in [-0.25, -0.2) is 14.8 Å². The highest BCUT2D eigenvalue weighted by molar-refractivity contribution is 7.19. The van der Waals surface area contributed by atoms with Gasteiger partial charge in [-0.2, -0.15) is 0 Å². The Morgan fingerprint density at radius 1 is 1.21 bits per heavy atom. The Morgan fingerprint density at radius 2 is 2.00 bits per heavy atom. The van der Waals surface area contributed by atoms with E-state index in [1.165, 1.54) is 24.8 Å². The van der Waals surface area contributed by atoms with Crippen molar-refractivity contribution >= 4 is 17.5 Å². The summed E-state index contributed by atoms with van der Waals surface area (Å²) in [7, 11) is 1.53. The molecule has 0 radical (unpaired) electrons. The van der Waals surface area contributed by atoms with Crippen molar-refractivity contribution in [2.45, 2.75) is 33.3 Å². The summed E-state index contributed by atoms with van der Waals surface area (Å²) < 4.78 is 26.3. The maximum absolute atomic E-state index is 11.8. The van der Waals surface area contributed by atoms with Crippen molar-refractivity contribution in [2.75, 3.05) is 13.7 Å². The summed E-state index contributed by atoms with van der Waals surface area (Å²) >= 11 is 1.33. The number of ether oxygens (including phenoxy) is 4. The van der Waals surface area contributed by atoms with Crippen LogP contribution >= 0.6 is 11.3 Å². The minimum Gasteiger partial charge on any atom is -0.492 e. The van der Waals surface area contributed by atoms with Gasteiger partial charge in [0.15, 0.2) is 0 Å². The minimum atomic E-state index is -0.933. The van der Waals surface area contributed by atoms with Crippen molar-refractivity contribution in [1.29, 1.82) is 0 Å². The Hall–Kier alpha value is -3.21. The zero-order chi connectivity index (χ0) is 21.0. The van der Waals surface area contributed by atoms with E-state index in [0.717, 1.165) is 4.88 Å². The van der Waals surface area contributed by atoms with Crippen LogP contribution in [0.3, 0.4) is 0 Å². The molecule has 3 rings (SSSR count). The molecule has 0 fully saturated rings. The van der Waals surface area contributed by atoms with Gasteiger partial charge in [0, 0.05) is 12.1 Å². The highest BCUT2D eigenvalue weighted by Gasteiger charge is 2.23. The number of aromatic nitrogens is 4. The number of hydrogen-bond acceptors (Lipinski definition) is 11. The van der Waals surface area contributed by atoms with E-state index < -0.39 is 11.8 Å². The molecule has 3 aromatic rings. The normalized spacial score (nSPS) is 11.2. The van der Waals surface area contributed by atoms with E-state index in [-0.39, 0.29) is 12.0 Å². The Morgan fingerprint density at radius 3 is 2.69 bits per heavy atom. The topological polar surface area (TPSA) is 119 Å². The van der Waals surface area contributed by atoms with E-state index in [1.54, 1.807) is 26.8 Å². The molecular formula is C18H20N4O6S. The summed E-state index contributed by atoms with van der Waals surface area (Å²) in [6, 6.07) is 3.51. The molecule has 11 heteroatoms. The molecule has 3 aromatic heterocycles. The van der Waals surface area contributed by atoms with Crippen molar-refractivity contribution in [3.8, 4) is 39.0 Å². The Bertz CT molecular complexity index is 994. The molecule has 0 aromatic carbocycles. The first-order valence-corrected chi connectivity index (χ1v) is 9.48. The summed E-state index contributed by atoms with van der Waals surface area (Å²) in [6.45, 7) is 7.46. The predicted octanol–water partition coefficient (Wildman–Crippen LogP) is 3.98. The first-order chi connectivity index (χ1) is 13.8. The average Bonchev–Trinajstić information content (AvgIpc) is 3.27. The molecule has 0 amide bonds. The minimum absolute atomic E-state index is 0.143. The van der Waals surface area contributed by atoms with Gasteiger partial charge in [0.05, 0.1) is 24.3 Å². The van der Waals surface area contributed by atoms with Crippen LogP contribution in [0.5, 0.6) is 17.7 Å². The molecule has 0 spiro atoms. The van der Waals surface area contributed by atoms with Gasteiger partial charge >= 0.3 is 12.2 Å². The predicted molar refractivity (Wildman–Crippen MR) is 103 cm³/mol. The highest BCUT2D eigenvalue weighted by atomic mass is 32.1. The van der Waals surface area contributed by atoms with Crippen LogP contribution in [-0.4, -0.2) is 45.6 Å². The number of thiophene rings is 1. The summed E-state index contributed by atoms with van der Waals surface area (Å²) in [5.41, 5.74) is -0.0534. The van der Waals surface area contributed by atoms with Gasteiger partial charge in [-0.1, -0.05) is 5.10 Å². The molecule has 3 heterocycles. The molecule has 29 heavy (non-hydrogen) atoms. The largest absolute Gasteiger partial charge is 0.517 e. The molecule has 0 aliphatic heterocycles. The van der Waals surface area contributed by atoms with E-state index in [0.29, 0.717) is 28.8 Å². The second-order valence-corrected chi connectivity index (χ2v) is 7.67. The standard InChI is InChI=1S/C18H20N4O6S/c1-6-25-11-8-12(10-7-13(24-5)20-9-19-10)29-14(11)15-21-22-16(26-15)27-17(23)28-18(2,3)4/h7-9H,6H2,1-5H3. The van der Waals surface area contributed by atoms with Gasteiger partial charge in [0.1, 0.15) is 22.6 Å². The molecule has 0 bridgehead atoms. The van der Waals surface area contributed by atoms with Crippen molar-refractivity contribution < 1.29 is 28.2 Å². The zero-order valence-electron chi connectivity index (χ0n) is 16.6. The van der Waals surface area contributed by atoms with E-state index in [4.69, 9.17) is 23.4 Å². The molecule has 0 unspecified atom stereocenters. The third kappa shape index (κ3) is 5.19. The van der Waals surface area contributed by atoms with E-state index in [2.05, 4.69) is 20.2 Å². The van der Waals surface area contributed by atoms with Crippen molar-refractivity contribution in [2.24, 2.45) is 0 Å². The summed E-state index contributed by atoms with van der Waals surface area (Å²) in [6.07, 6.45) is 0.154. The maximum Gasteiger partial charge on any atom is 0.517 e. The molecule has 10 nitrogen and oxygen atoms in total. The van der Waals surface area contributed by atoms with Gasteiger partial charge in [0.25, 0.3) is 5.89 Å². The van der Waals surface area contributed by atoms with Crippen LogP contribution in [-0.2, 0) is 4.74 Å². The van der Waals surface area contributed by atoms with Crippen molar-refractivity contribution in [1.82, 2.24) is 20.2 Å². The second kappa shape index (κ2) is 8.43. The van der Waals surface area contributed by atoms with Gasteiger partial charge in [-0.15, -0.1) is 16.4 Å². The first kappa shape index (κ1) is 20.5. The molecule has 0 aliphatic carbocycles. The van der Waals surface area contributed by atoms with Gasteiger partial charge in [-0.05, 0) is 27.7 Å². The number of hydrogen-bond donors (Lipinski definition) is 0. The monoisotopic (exact) mass is 420 g/mol. The van der Waals surface area contributed by atoms with Crippen LogP contribution in [0, 0.1) is 0 Å². The van der Waals surface area contributed by atoms with Crippen LogP contribution < -0.4 is 14.2 Å². The van der Waals surface area contributed by atoms with E-state index in [1.807, 2.05) is 13.0 Å². The van der Waals surface area contributed by atoms with Crippen LogP contribution in [0.1, 0.15) is 27.7 Å². The molecule has 0 atom stereocenters. The lowest BCUT2D eigenvalue weighted by molar-refractivity contribution is 0.0148. The number of methoxy groups -OCH3 is 1. The molecule has 0 N–H and O–H groups in total. The van der Waals surface area contributed by atoms with Crippen molar-refractivity contribution in [3.63, 3.8) is 0 Å². The van der Waals surface area contributed by atoms with Crippen LogP contribution in [0.25, 0.3) is 21.3 Å². The Kier molecular flexibility index (Phi) is 5.97. The quantitative estimate of drug-likeness (QED) is 0.542. The number of rotatable bonds is 6. The van der Waals surface area contributed by atoms with Crippen LogP contribution in [0.2, 0.25) is 0 Å². The second-order valence-electron chi connectivity index (χ2n) is 6.62. The van der Waals surface area contributed by atoms with Gasteiger partial charge in [-0.3, -0.25) is 0 Å². The Balaban J connectivity index is 1.87. The first-order valence-electron chi connectivity index (χ1n) is 8.66. The summed E-state index contributed by atoms with van der Waals surface area (Å²) in [5, 5.41) is 7.68. The summed E-state index contributed by atoms with van der Waals surface area (Å²) in [5.74, 6) is 1.12. The SMILES string of the molecule is CCOc1cc(-c2cc(OC)ncn2)sc1-c1nnc(OC(=O)OC(C)(C)C)o1. The van der Waals surface area contributed by atoms with E-state index >= 15 is 0 Å².